The van der Waals surface area contributed by atoms with Gasteiger partial charge in [0.15, 0.2) is 0 Å². The number of nitrogens with one attached hydrogen (secondary N) is 2. The summed E-state index contributed by atoms with van der Waals surface area (Å²) in [6, 6.07) is 19.6. The standard InChI is InChI=1S/C27H25ClN2O5/c1-2-8-23(25(31)29-22-14-7-13-21(28)24(22)26(32)33)30-27(34)35-15-20-18-11-5-3-9-16(18)17-10-4-6-12-19(17)20/h3-7,9-14,20,23H,2,8,15H2,1H3,(H,29,31)(H,30,34)(H,32,33). The first kappa shape index (κ1) is 24.3. The van der Waals surface area contributed by atoms with Gasteiger partial charge >= 0.3 is 12.1 Å². The largest absolute Gasteiger partial charge is 0.478 e. The summed E-state index contributed by atoms with van der Waals surface area (Å²) in [5, 5.41) is 14.6. The van der Waals surface area contributed by atoms with Gasteiger partial charge in [-0.25, -0.2) is 9.59 Å². The lowest BCUT2D eigenvalue weighted by Gasteiger charge is -2.20. The van der Waals surface area contributed by atoms with E-state index < -0.39 is 24.0 Å². The smallest absolute Gasteiger partial charge is 0.407 e. The molecule has 2 amide bonds. The third-order valence-electron chi connectivity index (χ3n) is 6.01. The predicted octanol–water partition coefficient (Wildman–Crippen LogP) is 5.68. The first-order valence-corrected chi connectivity index (χ1v) is 11.7. The fraction of sp³-hybridized carbons (Fsp3) is 0.222. The molecule has 0 saturated carbocycles. The molecule has 0 fully saturated rings. The maximum absolute atomic E-state index is 12.9. The lowest BCUT2D eigenvalue weighted by Crippen LogP contribution is -2.44. The SMILES string of the molecule is CCCC(NC(=O)OCC1c2ccccc2-c2ccccc21)C(=O)Nc1cccc(Cl)c1C(=O)O. The first-order chi connectivity index (χ1) is 16.9. The van der Waals surface area contributed by atoms with Crippen LogP contribution in [0.1, 0.15) is 47.2 Å². The Bertz CT molecular complexity index is 1230. The fourth-order valence-electron chi connectivity index (χ4n) is 4.41. The summed E-state index contributed by atoms with van der Waals surface area (Å²) in [5.74, 6) is -1.91. The van der Waals surface area contributed by atoms with E-state index in [4.69, 9.17) is 16.3 Å². The van der Waals surface area contributed by atoms with Gasteiger partial charge in [-0.3, -0.25) is 4.79 Å². The molecule has 3 N–H and O–H groups in total. The zero-order valence-corrected chi connectivity index (χ0v) is 19.8. The molecular weight excluding hydrogens is 468 g/mol. The molecule has 0 spiro atoms. The van der Waals surface area contributed by atoms with Crippen LogP contribution in [0.3, 0.4) is 0 Å². The van der Waals surface area contributed by atoms with Crippen molar-refractivity contribution < 1.29 is 24.2 Å². The van der Waals surface area contributed by atoms with Gasteiger partial charge in [0.05, 0.1) is 10.7 Å². The molecule has 0 saturated heterocycles. The van der Waals surface area contributed by atoms with Crippen LogP contribution in [0.2, 0.25) is 5.02 Å². The zero-order valence-electron chi connectivity index (χ0n) is 19.1. The van der Waals surface area contributed by atoms with Gasteiger partial charge < -0.3 is 20.5 Å². The quantitative estimate of drug-likeness (QED) is 0.375. The second-order valence-electron chi connectivity index (χ2n) is 8.27. The van der Waals surface area contributed by atoms with E-state index in [1.54, 1.807) is 0 Å². The molecule has 0 aromatic heterocycles. The molecule has 7 nitrogen and oxygen atoms in total. The number of rotatable bonds is 8. The molecule has 0 radical (unpaired) electrons. The van der Waals surface area contributed by atoms with Crippen LogP contribution in [0.25, 0.3) is 11.1 Å². The van der Waals surface area contributed by atoms with Gasteiger partial charge in [0.25, 0.3) is 0 Å². The summed E-state index contributed by atoms with van der Waals surface area (Å²) >= 11 is 5.99. The molecule has 3 aromatic carbocycles. The lowest BCUT2D eigenvalue weighted by atomic mass is 9.98. The van der Waals surface area contributed by atoms with Crippen molar-refractivity contribution in [2.24, 2.45) is 0 Å². The second kappa shape index (κ2) is 10.6. The molecule has 180 valence electrons. The van der Waals surface area contributed by atoms with E-state index >= 15 is 0 Å². The predicted molar refractivity (Wildman–Crippen MR) is 134 cm³/mol. The number of carbonyl (C=O) groups excluding carboxylic acids is 2. The van der Waals surface area contributed by atoms with Crippen LogP contribution in [0.15, 0.2) is 66.7 Å². The van der Waals surface area contributed by atoms with E-state index in [1.807, 2.05) is 43.3 Å². The summed E-state index contributed by atoms with van der Waals surface area (Å²) in [5.41, 5.74) is 4.27. The van der Waals surface area contributed by atoms with Gasteiger partial charge in [-0.05, 0) is 40.8 Å². The number of hydrogen-bond donors (Lipinski definition) is 3. The van der Waals surface area contributed by atoms with Gasteiger partial charge in [-0.1, -0.05) is 79.5 Å². The van der Waals surface area contributed by atoms with Gasteiger partial charge in [0.1, 0.15) is 18.2 Å². The number of fused-ring (bicyclic) bond motifs is 3. The number of halogens is 1. The number of hydrogen-bond acceptors (Lipinski definition) is 4. The normalized spacial score (nSPS) is 12.9. The number of aromatic carboxylic acids is 1. The van der Waals surface area contributed by atoms with E-state index in [-0.39, 0.29) is 28.8 Å². The molecule has 4 rings (SSSR count). The van der Waals surface area contributed by atoms with Crippen LogP contribution in [-0.4, -0.2) is 35.7 Å². The lowest BCUT2D eigenvalue weighted by molar-refractivity contribution is -0.118. The molecule has 3 aromatic rings. The topological polar surface area (TPSA) is 105 Å². The van der Waals surface area contributed by atoms with Crippen LogP contribution >= 0.6 is 11.6 Å². The molecule has 1 aliphatic carbocycles. The van der Waals surface area contributed by atoms with Crippen molar-refractivity contribution in [2.75, 3.05) is 11.9 Å². The molecule has 0 bridgehead atoms. The summed E-state index contributed by atoms with van der Waals surface area (Å²) in [6.07, 6.45) is 0.243. The Kier molecular flexibility index (Phi) is 7.36. The Balaban J connectivity index is 1.43. The van der Waals surface area contributed by atoms with Gasteiger partial charge in [0.2, 0.25) is 5.91 Å². The minimum absolute atomic E-state index is 0.00633. The average Bonchev–Trinajstić information content (AvgIpc) is 3.16. The van der Waals surface area contributed by atoms with Crippen molar-refractivity contribution in [3.63, 3.8) is 0 Å². The summed E-state index contributed by atoms with van der Waals surface area (Å²) in [6.45, 7) is 2.00. The van der Waals surface area contributed by atoms with E-state index in [1.165, 1.54) is 18.2 Å². The summed E-state index contributed by atoms with van der Waals surface area (Å²) in [7, 11) is 0. The molecule has 0 aliphatic heterocycles. The van der Waals surface area contributed by atoms with Crippen LogP contribution in [0, 0.1) is 0 Å². The third-order valence-corrected chi connectivity index (χ3v) is 6.33. The van der Waals surface area contributed by atoms with Crippen molar-refractivity contribution >= 4 is 35.3 Å². The van der Waals surface area contributed by atoms with Crippen molar-refractivity contribution in [3.05, 3.63) is 88.4 Å². The highest BCUT2D eigenvalue weighted by atomic mass is 35.5. The number of anilines is 1. The second-order valence-corrected chi connectivity index (χ2v) is 8.68. The van der Waals surface area contributed by atoms with Crippen molar-refractivity contribution in [1.29, 1.82) is 0 Å². The van der Waals surface area contributed by atoms with E-state index in [9.17, 15) is 19.5 Å². The van der Waals surface area contributed by atoms with Gasteiger partial charge in [0, 0.05) is 5.92 Å². The number of carboxylic acids is 1. The number of carboxylic acid groups (broad SMARTS) is 1. The maximum Gasteiger partial charge on any atom is 0.407 e. The number of amides is 2. The molecule has 1 unspecified atom stereocenters. The molecular formula is C27H25ClN2O5. The number of carbonyl (C=O) groups is 3. The van der Waals surface area contributed by atoms with E-state index in [0.29, 0.717) is 12.8 Å². The van der Waals surface area contributed by atoms with Crippen LogP contribution in [0.4, 0.5) is 10.5 Å². The van der Waals surface area contributed by atoms with Crippen molar-refractivity contribution in [2.45, 2.75) is 31.7 Å². The monoisotopic (exact) mass is 492 g/mol. The number of benzene rings is 3. The average molecular weight is 493 g/mol. The summed E-state index contributed by atoms with van der Waals surface area (Å²) < 4.78 is 5.55. The van der Waals surface area contributed by atoms with Crippen LogP contribution in [0.5, 0.6) is 0 Å². The Labute approximate surface area is 208 Å². The maximum atomic E-state index is 12.9. The third kappa shape index (κ3) is 5.15. The minimum atomic E-state index is -1.26. The Morgan fingerprint density at radius 1 is 0.971 bits per heavy atom. The Hall–Kier alpha value is -3.84. The first-order valence-electron chi connectivity index (χ1n) is 11.3. The minimum Gasteiger partial charge on any atom is -0.478 e. The van der Waals surface area contributed by atoms with E-state index in [2.05, 4.69) is 22.8 Å². The highest BCUT2D eigenvalue weighted by Crippen LogP contribution is 2.44. The molecule has 35 heavy (non-hydrogen) atoms. The van der Waals surface area contributed by atoms with Crippen molar-refractivity contribution in [1.82, 2.24) is 5.32 Å². The van der Waals surface area contributed by atoms with Crippen LogP contribution < -0.4 is 10.6 Å². The number of alkyl carbamates (subject to hydrolysis) is 1. The zero-order chi connectivity index (χ0) is 24.9. The fourth-order valence-corrected chi connectivity index (χ4v) is 4.66. The number of ether oxygens (including phenoxy) is 1. The summed E-state index contributed by atoms with van der Waals surface area (Å²) in [4.78, 5) is 37.1. The van der Waals surface area contributed by atoms with Gasteiger partial charge in [-0.15, -0.1) is 0 Å². The Morgan fingerprint density at radius 3 is 2.20 bits per heavy atom. The van der Waals surface area contributed by atoms with E-state index in [0.717, 1.165) is 22.3 Å². The molecule has 0 heterocycles. The highest BCUT2D eigenvalue weighted by molar-refractivity contribution is 6.34. The molecule has 1 aliphatic rings. The Morgan fingerprint density at radius 2 is 1.60 bits per heavy atom. The molecule has 1 atom stereocenters. The molecule has 8 heteroatoms. The van der Waals surface area contributed by atoms with Crippen LogP contribution in [-0.2, 0) is 9.53 Å². The highest BCUT2D eigenvalue weighted by Gasteiger charge is 2.30. The van der Waals surface area contributed by atoms with Crippen molar-refractivity contribution in [3.8, 4) is 11.1 Å². The van der Waals surface area contributed by atoms with Gasteiger partial charge in [-0.2, -0.15) is 0 Å².